The highest BCUT2D eigenvalue weighted by atomic mass is 16.3. The molecular formula is C19H19N3O3. The number of carbonyl (C=O) groups excluding carboxylic acids is 2. The Morgan fingerprint density at radius 2 is 1.92 bits per heavy atom. The van der Waals surface area contributed by atoms with E-state index < -0.39 is 0 Å². The number of para-hydroxylation sites is 1. The number of fused-ring (bicyclic) bond motifs is 1. The van der Waals surface area contributed by atoms with E-state index in [1.165, 1.54) is 6.26 Å². The predicted octanol–water partition coefficient (Wildman–Crippen LogP) is 2.80. The first kappa shape index (κ1) is 15.5. The summed E-state index contributed by atoms with van der Waals surface area (Å²) in [5.41, 5.74) is 1.67. The maximum absolute atomic E-state index is 12.8. The number of benzene rings is 1. The summed E-state index contributed by atoms with van der Waals surface area (Å²) in [6.45, 7) is 1.25. The summed E-state index contributed by atoms with van der Waals surface area (Å²) in [5, 5.41) is 3.91. The number of nitrogens with zero attached hydrogens (tertiary/aromatic N) is 1. The number of aromatic amines is 1. The number of hydrogen-bond acceptors (Lipinski definition) is 3. The second-order valence-corrected chi connectivity index (χ2v) is 6.27. The van der Waals surface area contributed by atoms with Gasteiger partial charge in [0.1, 0.15) is 0 Å². The molecule has 1 aliphatic rings. The molecule has 2 aromatic heterocycles. The molecule has 1 aliphatic heterocycles. The predicted molar refractivity (Wildman–Crippen MR) is 93.4 cm³/mol. The number of carbonyl (C=O) groups is 2. The third-order valence-corrected chi connectivity index (χ3v) is 4.68. The molecule has 128 valence electrons. The fourth-order valence-electron chi connectivity index (χ4n) is 3.31. The molecule has 6 heteroatoms. The quantitative estimate of drug-likeness (QED) is 0.771. The lowest BCUT2D eigenvalue weighted by Gasteiger charge is -2.32. The van der Waals surface area contributed by atoms with Crippen LogP contribution in [0.4, 0.5) is 0 Å². The van der Waals surface area contributed by atoms with E-state index in [1.807, 2.05) is 29.2 Å². The Labute approximate surface area is 144 Å². The van der Waals surface area contributed by atoms with Crippen molar-refractivity contribution in [3.05, 3.63) is 60.2 Å². The molecule has 0 spiro atoms. The van der Waals surface area contributed by atoms with E-state index in [1.54, 1.807) is 18.3 Å². The molecule has 2 amide bonds. The average Bonchev–Trinajstić information content (AvgIpc) is 3.32. The lowest BCUT2D eigenvalue weighted by molar-refractivity contribution is 0.0697. The van der Waals surface area contributed by atoms with Gasteiger partial charge in [0.15, 0.2) is 5.76 Å². The largest absolute Gasteiger partial charge is 0.459 e. The highest BCUT2D eigenvalue weighted by Crippen LogP contribution is 2.21. The second-order valence-electron chi connectivity index (χ2n) is 6.27. The van der Waals surface area contributed by atoms with E-state index in [0.717, 1.165) is 23.7 Å². The average molecular weight is 337 g/mol. The molecule has 3 heterocycles. The minimum atomic E-state index is -0.202. The summed E-state index contributed by atoms with van der Waals surface area (Å²) in [4.78, 5) is 29.8. The van der Waals surface area contributed by atoms with Crippen molar-refractivity contribution >= 4 is 22.7 Å². The summed E-state index contributed by atoms with van der Waals surface area (Å²) < 4.78 is 5.11. The fourth-order valence-corrected chi connectivity index (χ4v) is 3.31. The van der Waals surface area contributed by atoms with Gasteiger partial charge in [0, 0.05) is 36.2 Å². The van der Waals surface area contributed by atoms with Gasteiger partial charge >= 0.3 is 0 Å². The molecule has 0 aliphatic carbocycles. The van der Waals surface area contributed by atoms with Gasteiger partial charge in [-0.1, -0.05) is 18.2 Å². The number of nitrogens with one attached hydrogen (secondary N) is 2. The molecule has 0 unspecified atom stereocenters. The van der Waals surface area contributed by atoms with Crippen LogP contribution in [-0.4, -0.2) is 40.8 Å². The Morgan fingerprint density at radius 1 is 1.12 bits per heavy atom. The Bertz CT molecular complexity index is 890. The Morgan fingerprint density at radius 3 is 2.68 bits per heavy atom. The molecular weight excluding hydrogens is 318 g/mol. The lowest BCUT2D eigenvalue weighted by atomic mass is 10.0. The van der Waals surface area contributed by atoms with E-state index in [0.29, 0.717) is 24.4 Å². The molecule has 0 saturated carbocycles. The number of furan rings is 1. The Hall–Kier alpha value is -3.02. The molecule has 0 atom stereocenters. The maximum atomic E-state index is 12.8. The van der Waals surface area contributed by atoms with Gasteiger partial charge in [-0.2, -0.15) is 0 Å². The maximum Gasteiger partial charge on any atom is 0.287 e. The van der Waals surface area contributed by atoms with E-state index in [9.17, 15) is 9.59 Å². The fraction of sp³-hybridized carbons (Fsp3) is 0.263. The van der Waals surface area contributed by atoms with Crippen LogP contribution in [0.5, 0.6) is 0 Å². The van der Waals surface area contributed by atoms with Gasteiger partial charge in [0.05, 0.1) is 11.8 Å². The van der Waals surface area contributed by atoms with Gasteiger partial charge in [-0.15, -0.1) is 0 Å². The number of rotatable bonds is 3. The van der Waals surface area contributed by atoms with E-state index >= 15 is 0 Å². The van der Waals surface area contributed by atoms with Gasteiger partial charge in [0.2, 0.25) is 0 Å². The number of amides is 2. The second kappa shape index (κ2) is 6.47. The van der Waals surface area contributed by atoms with Crippen molar-refractivity contribution in [2.75, 3.05) is 13.1 Å². The normalized spacial score (nSPS) is 15.4. The molecule has 25 heavy (non-hydrogen) atoms. The van der Waals surface area contributed by atoms with Crippen LogP contribution in [0.1, 0.15) is 33.8 Å². The summed E-state index contributed by atoms with van der Waals surface area (Å²) >= 11 is 0. The molecule has 0 bridgehead atoms. The van der Waals surface area contributed by atoms with Gasteiger partial charge in [-0.25, -0.2) is 0 Å². The van der Waals surface area contributed by atoms with Crippen molar-refractivity contribution in [3.8, 4) is 0 Å². The summed E-state index contributed by atoms with van der Waals surface area (Å²) in [7, 11) is 0. The number of aromatic nitrogens is 1. The standard InChI is InChI=1S/C19H19N3O3/c23-18(17-6-3-11-25-17)21-13-7-9-22(10-8-13)19(24)15-12-20-16-5-2-1-4-14(15)16/h1-6,11-13,20H,7-10H2,(H,21,23). The van der Waals surface area contributed by atoms with Crippen molar-refractivity contribution in [2.24, 2.45) is 0 Å². The number of likely N-dealkylation sites (tertiary alicyclic amines) is 1. The summed E-state index contributed by atoms with van der Waals surface area (Å²) in [5.74, 6) is 0.150. The number of hydrogen-bond donors (Lipinski definition) is 2. The third kappa shape index (κ3) is 3.03. The monoisotopic (exact) mass is 337 g/mol. The Kier molecular flexibility index (Phi) is 4.01. The van der Waals surface area contributed by atoms with Gasteiger partial charge in [-0.3, -0.25) is 9.59 Å². The molecule has 1 saturated heterocycles. The van der Waals surface area contributed by atoms with Crippen LogP contribution in [0.25, 0.3) is 10.9 Å². The zero-order chi connectivity index (χ0) is 17.2. The van der Waals surface area contributed by atoms with Crippen molar-refractivity contribution in [1.29, 1.82) is 0 Å². The van der Waals surface area contributed by atoms with Crippen LogP contribution in [0.15, 0.2) is 53.3 Å². The van der Waals surface area contributed by atoms with Crippen LogP contribution in [0.2, 0.25) is 0 Å². The van der Waals surface area contributed by atoms with E-state index in [4.69, 9.17) is 4.42 Å². The zero-order valence-corrected chi connectivity index (χ0v) is 13.7. The minimum Gasteiger partial charge on any atom is -0.459 e. The Balaban J connectivity index is 1.38. The van der Waals surface area contributed by atoms with Crippen molar-refractivity contribution in [2.45, 2.75) is 18.9 Å². The van der Waals surface area contributed by atoms with Crippen LogP contribution in [0.3, 0.4) is 0 Å². The highest BCUT2D eigenvalue weighted by Gasteiger charge is 2.26. The highest BCUT2D eigenvalue weighted by molar-refractivity contribution is 6.06. The van der Waals surface area contributed by atoms with E-state index in [-0.39, 0.29) is 17.9 Å². The molecule has 4 rings (SSSR count). The van der Waals surface area contributed by atoms with Crippen LogP contribution in [-0.2, 0) is 0 Å². The SMILES string of the molecule is O=C(NC1CCN(C(=O)c2c[nH]c3ccccc23)CC1)c1ccco1. The molecule has 3 aromatic rings. The first-order valence-electron chi connectivity index (χ1n) is 8.42. The van der Waals surface area contributed by atoms with Gasteiger partial charge in [-0.05, 0) is 31.0 Å². The molecule has 6 nitrogen and oxygen atoms in total. The summed E-state index contributed by atoms with van der Waals surface area (Å²) in [6, 6.07) is 11.2. The minimum absolute atomic E-state index is 0.0354. The molecule has 1 fully saturated rings. The van der Waals surface area contributed by atoms with Crippen LogP contribution >= 0.6 is 0 Å². The van der Waals surface area contributed by atoms with E-state index in [2.05, 4.69) is 10.3 Å². The van der Waals surface area contributed by atoms with Gasteiger partial charge < -0.3 is 19.6 Å². The van der Waals surface area contributed by atoms with Crippen LogP contribution < -0.4 is 5.32 Å². The first-order valence-corrected chi connectivity index (χ1v) is 8.42. The van der Waals surface area contributed by atoms with Crippen molar-refractivity contribution in [3.63, 3.8) is 0 Å². The molecule has 1 aromatic carbocycles. The van der Waals surface area contributed by atoms with Crippen molar-refractivity contribution in [1.82, 2.24) is 15.2 Å². The third-order valence-electron chi connectivity index (χ3n) is 4.68. The van der Waals surface area contributed by atoms with Gasteiger partial charge in [0.25, 0.3) is 11.8 Å². The summed E-state index contributed by atoms with van der Waals surface area (Å²) in [6.07, 6.45) is 4.73. The lowest BCUT2D eigenvalue weighted by Crippen LogP contribution is -2.46. The zero-order valence-electron chi connectivity index (χ0n) is 13.7. The van der Waals surface area contributed by atoms with Crippen molar-refractivity contribution < 1.29 is 14.0 Å². The molecule has 0 radical (unpaired) electrons. The number of piperidine rings is 1. The number of H-pyrrole nitrogens is 1. The first-order chi connectivity index (χ1) is 12.2. The topological polar surface area (TPSA) is 78.3 Å². The molecule has 2 N–H and O–H groups in total. The smallest absolute Gasteiger partial charge is 0.287 e. The van der Waals surface area contributed by atoms with Crippen LogP contribution in [0, 0.1) is 0 Å².